The lowest BCUT2D eigenvalue weighted by atomic mass is 10.1. The highest BCUT2D eigenvalue weighted by atomic mass is 32.1. The molecule has 19 heavy (non-hydrogen) atoms. The summed E-state index contributed by atoms with van der Waals surface area (Å²) in [6.07, 6.45) is 3.22. The summed E-state index contributed by atoms with van der Waals surface area (Å²) in [5, 5.41) is 7.90. The molecule has 5 heteroatoms. The van der Waals surface area contributed by atoms with Gasteiger partial charge < -0.3 is 5.73 Å². The van der Waals surface area contributed by atoms with E-state index in [4.69, 9.17) is 10.7 Å². The zero-order valence-corrected chi connectivity index (χ0v) is 12.8. The van der Waals surface area contributed by atoms with E-state index in [0.717, 1.165) is 43.7 Å². The summed E-state index contributed by atoms with van der Waals surface area (Å²) >= 11 is 1.74. The first-order valence-corrected chi connectivity index (χ1v) is 7.74. The number of nitrogens with zero attached hydrogens (tertiary/aromatic N) is 3. The minimum Gasteiger partial charge on any atom is -0.330 e. The molecule has 2 heterocycles. The van der Waals surface area contributed by atoms with Gasteiger partial charge in [0.05, 0.1) is 16.4 Å². The zero-order valence-electron chi connectivity index (χ0n) is 11.9. The molecule has 0 unspecified atom stereocenters. The van der Waals surface area contributed by atoms with E-state index in [1.54, 1.807) is 11.3 Å². The molecule has 0 saturated carbocycles. The Kier molecular flexibility index (Phi) is 4.71. The van der Waals surface area contributed by atoms with Crippen LogP contribution in [0, 0.1) is 13.8 Å². The van der Waals surface area contributed by atoms with Crippen LogP contribution < -0.4 is 5.73 Å². The molecular formula is C14H22N4S. The van der Waals surface area contributed by atoms with E-state index in [2.05, 4.69) is 31.2 Å². The van der Waals surface area contributed by atoms with E-state index in [0.29, 0.717) is 0 Å². The largest absolute Gasteiger partial charge is 0.330 e. The van der Waals surface area contributed by atoms with Crippen LogP contribution in [-0.4, -0.2) is 21.3 Å². The number of aromatic nitrogens is 3. The third kappa shape index (κ3) is 3.04. The fourth-order valence-electron chi connectivity index (χ4n) is 2.34. The maximum Gasteiger partial charge on any atom is 0.0932 e. The van der Waals surface area contributed by atoms with Gasteiger partial charge in [-0.3, -0.25) is 4.68 Å². The molecule has 2 N–H and O–H groups in total. The van der Waals surface area contributed by atoms with Gasteiger partial charge in [0.25, 0.3) is 0 Å². The van der Waals surface area contributed by atoms with E-state index in [9.17, 15) is 0 Å². The summed E-state index contributed by atoms with van der Waals surface area (Å²) in [5.41, 5.74) is 10.1. The molecule has 2 rings (SSSR count). The van der Waals surface area contributed by atoms with Gasteiger partial charge in [-0.15, -0.1) is 11.3 Å². The molecule has 0 aromatic carbocycles. The second kappa shape index (κ2) is 6.30. The highest BCUT2D eigenvalue weighted by molar-refractivity contribution is 7.09. The van der Waals surface area contributed by atoms with Crippen LogP contribution in [0.5, 0.6) is 0 Å². The molecule has 2 aromatic rings. The van der Waals surface area contributed by atoms with Gasteiger partial charge >= 0.3 is 0 Å². The molecule has 0 aliphatic carbocycles. The van der Waals surface area contributed by atoms with Gasteiger partial charge in [0.15, 0.2) is 0 Å². The maximum absolute atomic E-state index is 5.52. The lowest BCUT2D eigenvalue weighted by Gasteiger charge is -2.00. The van der Waals surface area contributed by atoms with E-state index >= 15 is 0 Å². The van der Waals surface area contributed by atoms with Crippen molar-refractivity contribution in [1.29, 1.82) is 0 Å². The van der Waals surface area contributed by atoms with Crippen molar-refractivity contribution < 1.29 is 0 Å². The second-order valence-corrected chi connectivity index (χ2v) is 5.68. The van der Waals surface area contributed by atoms with E-state index in [1.807, 2.05) is 4.68 Å². The first-order valence-electron chi connectivity index (χ1n) is 6.86. The van der Waals surface area contributed by atoms with E-state index in [-0.39, 0.29) is 0 Å². The van der Waals surface area contributed by atoms with Crippen LogP contribution in [0.15, 0.2) is 5.38 Å². The molecule has 2 aromatic heterocycles. The molecule has 0 aliphatic heterocycles. The summed E-state index contributed by atoms with van der Waals surface area (Å²) < 4.78 is 2.04. The van der Waals surface area contributed by atoms with Crippen molar-refractivity contribution in [2.45, 2.75) is 46.6 Å². The van der Waals surface area contributed by atoms with Gasteiger partial charge in [0.1, 0.15) is 0 Å². The molecule has 0 saturated heterocycles. The van der Waals surface area contributed by atoms with Crippen molar-refractivity contribution >= 4 is 11.3 Å². The number of unbranched alkanes of at least 4 members (excludes halogenated alkanes) is 1. The number of hydrogen-bond donors (Lipinski definition) is 1. The summed E-state index contributed by atoms with van der Waals surface area (Å²) in [7, 11) is 0. The Balaban J connectivity index is 2.20. The van der Waals surface area contributed by atoms with Crippen molar-refractivity contribution in [2.24, 2.45) is 5.73 Å². The Bertz CT molecular complexity index is 542. The van der Waals surface area contributed by atoms with Crippen LogP contribution in [0.25, 0.3) is 11.3 Å². The third-order valence-electron chi connectivity index (χ3n) is 3.33. The van der Waals surface area contributed by atoms with Crippen molar-refractivity contribution in [3.8, 4) is 11.3 Å². The van der Waals surface area contributed by atoms with Crippen LogP contribution in [0.1, 0.15) is 36.2 Å². The number of nitrogens with two attached hydrogens (primary N) is 1. The van der Waals surface area contributed by atoms with E-state index in [1.165, 1.54) is 16.3 Å². The van der Waals surface area contributed by atoms with Gasteiger partial charge in [-0.05, 0) is 46.6 Å². The smallest absolute Gasteiger partial charge is 0.0932 e. The SMILES string of the molecule is CCn1nc(C)c(-c2csc(CCCCN)n2)c1C. The van der Waals surface area contributed by atoms with Crippen LogP contribution in [0.2, 0.25) is 0 Å². The predicted octanol–water partition coefficient (Wildman–Crippen LogP) is 2.92. The fraction of sp³-hybridized carbons (Fsp3) is 0.571. The van der Waals surface area contributed by atoms with Gasteiger partial charge in [-0.2, -0.15) is 5.10 Å². The molecule has 0 bridgehead atoms. The first-order chi connectivity index (χ1) is 9.17. The molecule has 4 nitrogen and oxygen atoms in total. The molecule has 0 aliphatic rings. The molecule has 0 spiro atoms. The minimum atomic E-state index is 0.764. The van der Waals surface area contributed by atoms with Gasteiger partial charge in [-0.1, -0.05) is 0 Å². The summed E-state index contributed by atoms with van der Waals surface area (Å²) in [4.78, 5) is 4.75. The molecule has 0 amide bonds. The highest BCUT2D eigenvalue weighted by Gasteiger charge is 2.15. The standard InChI is InChI=1S/C14H22N4S/c1-4-18-11(3)14(10(2)17-18)12-9-19-13(16-12)7-5-6-8-15/h9H,4-8,15H2,1-3H3. The monoisotopic (exact) mass is 278 g/mol. The average Bonchev–Trinajstić information content (AvgIpc) is 2.94. The predicted molar refractivity (Wildman–Crippen MR) is 80.5 cm³/mol. The minimum absolute atomic E-state index is 0.764. The maximum atomic E-state index is 5.52. The van der Waals surface area contributed by atoms with Crippen LogP contribution in [-0.2, 0) is 13.0 Å². The summed E-state index contributed by atoms with van der Waals surface area (Å²) in [6.45, 7) is 7.95. The van der Waals surface area contributed by atoms with Crippen LogP contribution >= 0.6 is 11.3 Å². The lowest BCUT2D eigenvalue weighted by Crippen LogP contribution is -1.99. The van der Waals surface area contributed by atoms with Crippen LogP contribution in [0.3, 0.4) is 0 Å². The molecular weight excluding hydrogens is 256 g/mol. The number of aryl methyl sites for hydroxylation is 3. The third-order valence-corrected chi connectivity index (χ3v) is 4.24. The Hall–Kier alpha value is -1.20. The first kappa shape index (κ1) is 14.2. The van der Waals surface area contributed by atoms with Crippen molar-refractivity contribution in [1.82, 2.24) is 14.8 Å². The Morgan fingerprint density at radius 1 is 1.32 bits per heavy atom. The highest BCUT2D eigenvalue weighted by Crippen LogP contribution is 2.28. The Morgan fingerprint density at radius 2 is 2.11 bits per heavy atom. The topological polar surface area (TPSA) is 56.7 Å². The normalized spacial score (nSPS) is 11.2. The van der Waals surface area contributed by atoms with Gasteiger partial charge in [-0.25, -0.2) is 4.98 Å². The van der Waals surface area contributed by atoms with Crippen LogP contribution in [0.4, 0.5) is 0 Å². The second-order valence-electron chi connectivity index (χ2n) is 4.73. The quantitative estimate of drug-likeness (QED) is 0.827. The number of thiazole rings is 1. The Labute approximate surface area is 118 Å². The zero-order chi connectivity index (χ0) is 13.8. The molecule has 0 fully saturated rings. The average molecular weight is 278 g/mol. The molecule has 0 atom stereocenters. The summed E-state index contributed by atoms with van der Waals surface area (Å²) in [6, 6.07) is 0. The lowest BCUT2D eigenvalue weighted by molar-refractivity contribution is 0.634. The van der Waals surface area contributed by atoms with Gasteiger partial charge in [0.2, 0.25) is 0 Å². The molecule has 104 valence electrons. The van der Waals surface area contributed by atoms with Gasteiger partial charge in [0, 0.05) is 23.2 Å². The summed E-state index contributed by atoms with van der Waals surface area (Å²) in [5.74, 6) is 0. The number of hydrogen-bond acceptors (Lipinski definition) is 4. The molecule has 0 radical (unpaired) electrons. The van der Waals surface area contributed by atoms with Crippen molar-refractivity contribution in [2.75, 3.05) is 6.54 Å². The Morgan fingerprint density at radius 3 is 2.74 bits per heavy atom. The fourth-order valence-corrected chi connectivity index (χ4v) is 3.17. The van der Waals surface area contributed by atoms with Crippen molar-refractivity contribution in [3.05, 3.63) is 21.8 Å². The van der Waals surface area contributed by atoms with Crippen molar-refractivity contribution in [3.63, 3.8) is 0 Å². The number of rotatable bonds is 6. The van der Waals surface area contributed by atoms with E-state index < -0.39 is 0 Å².